The highest BCUT2D eigenvalue weighted by molar-refractivity contribution is 6.16. The van der Waals surface area contributed by atoms with Gasteiger partial charge in [0.25, 0.3) is 5.91 Å². The van der Waals surface area contributed by atoms with Crippen molar-refractivity contribution in [2.24, 2.45) is 5.92 Å². The molecule has 1 unspecified atom stereocenters. The lowest BCUT2D eigenvalue weighted by molar-refractivity contribution is -0.119. The van der Waals surface area contributed by atoms with E-state index in [1.54, 1.807) is 26.0 Å². The largest absolute Gasteiger partial charge is 0.503 e. The summed E-state index contributed by atoms with van der Waals surface area (Å²) < 4.78 is 5.87. The van der Waals surface area contributed by atoms with Crippen LogP contribution in [0.4, 0.5) is 5.69 Å². The van der Waals surface area contributed by atoms with Crippen molar-refractivity contribution in [1.29, 1.82) is 0 Å². The number of benzene rings is 3. The molecule has 1 aliphatic rings. The fourth-order valence-electron chi connectivity index (χ4n) is 3.83. The molecule has 1 N–H and O–H groups in total. The Morgan fingerprint density at radius 1 is 0.938 bits per heavy atom. The topological polar surface area (TPSA) is 66.8 Å². The monoisotopic (exact) mass is 427 g/mol. The number of rotatable bonds is 7. The molecule has 3 aromatic carbocycles. The van der Waals surface area contributed by atoms with E-state index in [9.17, 15) is 14.7 Å². The second kappa shape index (κ2) is 9.10. The van der Waals surface area contributed by atoms with Crippen LogP contribution in [0.5, 0.6) is 5.75 Å². The van der Waals surface area contributed by atoms with Gasteiger partial charge in [-0.1, -0.05) is 74.5 Å². The van der Waals surface area contributed by atoms with Crippen molar-refractivity contribution in [2.75, 3.05) is 4.90 Å². The first kappa shape index (κ1) is 21.4. The van der Waals surface area contributed by atoms with Gasteiger partial charge >= 0.3 is 0 Å². The molecule has 1 amide bonds. The third kappa shape index (κ3) is 4.14. The second-order valence-electron chi connectivity index (χ2n) is 8.04. The fourth-order valence-corrected chi connectivity index (χ4v) is 3.83. The maximum Gasteiger partial charge on any atom is 0.294 e. The van der Waals surface area contributed by atoms with Crippen molar-refractivity contribution in [3.63, 3.8) is 0 Å². The van der Waals surface area contributed by atoms with Crippen LogP contribution in [0.1, 0.15) is 31.0 Å². The number of aliphatic hydroxyl groups excluding tert-OH is 1. The summed E-state index contributed by atoms with van der Waals surface area (Å²) in [5.74, 6) is -0.981. The molecular formula is C27H25NO4. The lowest BCUT2D eigenvalue weighted by Gasteiger charge is -2.27. The first-order chi connectivity index (χ1) is 15.5. The summed E-state index contributed by atoms with van der Waals surface area (Å²) >= 11 is 0. The van der Waals surface area contributed by atoms with Gasteiger partial charge < -0.3 is 9.84 Å². The molecule has 1 heterocycles. The normalized spacial score (nSPS) is 16.0. The third-order valence-electron chi connectivity index (χ3n) is 5.48. The van der Waals surface area contributed by atoms with Crippen LogP contribution in [0.25, 0.3) is 0 Å². The average Bonchev–Trinajstić information content (AvgIpc) is 3.09. The van der Waals surface area contributed by atoms with Crippen molar-refractivity contribution in [3.8, 4) is 5.75 Å². The molecule has 0 aromatic heterocycles. The summed E-state index contributed by atoms with van der Waals surface area (Å²) in [6.45, 7) is 3.96. The number of hydrogen-bond acceptors (Lipinski definition) is 4. The number of carbonyl (C=O) groups excluding carboxylic acids is 2. The number of aliphatic hydroxyl groups is 1. The molecule has 5 heteroatoms. The molecule has 5 nitrogen and oxygen atoms in total. The standard InChI is InChI=1S/C27H25NO4/c1-18(2)25(29)23-24(28(27(31)26(23)30)21-11-7-4-8-12-21)20-13-15-22(16-14-20)32-17-19-9-5-3-6-10-19/h3-16,18,24,30H,17H2,1-2H3. The van der Waals surface area contributed by atoms with E-state index in [0.717, 1.165) is 11.1 Å². The molecular weight excluding hydrogens is 402 g/mol. The summed E-state index contributed by atoms with van der Waals surface area (Å²) in [6.07, 6.45) is 0. The summed E-state index contributed by atoms with van der Waals surface area (Å²) in [6, 6.07) is 25.5. The second-order valence-corrected chi connectivity index (χ2v) is 8.04. The van der Waals surface area contributed by atoms with Gasteiger partial charge in [-0.05, 0) is 35.4 Å². The van der Waals surface area contributed by atoms with E-state index < -0.39 is 17.7 Å². The fraction of sp³-hybridized carbons (Fsp3) is 0.185. The maximum atomic E-state index is 13.0. The molecule has 0 bridgehead atoms. The van der Waals surface area contributed by atoms with Gasteiger partial charge in [0, 0.05) is 11.6 Å². The Morgan fingerprint density at radius 3 is 2.12 bits per heavy atom. The first-order valence-corrected chi connectivity index (χ1v) is 10.6. The minimum atomic E-state index is -0.706. The smallest absolute Gasteiger partial charge is 0.294 e. The highest BCUT2D eigenvalue weighted by Gasteiger charge is 2.44. The van der Waals surface area contributed by atoms with Crippen LogP contribution >= 0.6 is 0 Å². The molecule has 4 rings (SSSR count). The van der Waals surface area contributed by atoms with E-state index in [-0.39, 0.29) is 17.3 Å². The zero-order valence-electron chi connectivity index (χ0n) is 18.1. The van der Waals surface area contributed by atoms with Gasteiger partial charge in [0.05, 0.1) is 11.6 Å². The van der Waals surface area contributed by atoms with Gasteiger partial charge in [0.2, 0.25) is 0 Å². The Morgan fingerprint density at radius 2 is 1.53 bits per heavy atom. The van der Waals surface area contributed by atoms with Crippen LogP contribution in [-0.4, -0.2) is 16.8 Å². The number of hydrogen-bond donors (Lipinski definition) is 1. The van der Waals surface area contributed by atoms with Crippen molar-refractivity contribution in [2.45, 2.75) is 26.5 Å². The van der Waals surface area contributed by atoms with Gasteiger partial charge in [-0.2, -0.15) is 0 Å². The highest BCUT2D eigenvalue weighted by Crippen LogP contribution is 2.42. The number of Topliss-reactive ketones (excluding diaryl/α,β-unsaturated/α-hetero) is 1. The van der Waals surface area contributed by atoms with Crippen LogP contribution in [0.2, 0.25) is 0 Å². The van der Waals surface area contributed by atoms with E-state index in [1.807, 2.05) is 72.8 Å². The Labute approximate surface area is 187 Å². The van der Waals surface area contributed by atoms with Crippen molar-refractivity contribution in [3.05, 3.63) is 107 Å². The number of ketones is 1. The van der Waals surface area contributed by atoms with E-state index in [0.29, 0.717) is 18.0 Å². The van der Waals surface area contributed by atoms with E-state index in [4.69, 9.17) is 4.74 Å². The molecule has 0 spiro atoms. The quantitative estimate of drug-likeness (QED) is 0.549. The van der Waals surface area contributed by atoms with E-state index in [1.165, 1.54) is 4.90 Å². The lowest BCUT2D eigenvalue weighted by atomic mass is 9.91. The van der Waals surface area contributed by atoms with Gasteiger partial charge in [-0.3, -0.25) is 14.5 Å². The van der Waals surface area contributed by atoms with Crippen molar-refractivity contribution < 1.29 is 19.4 Å². The van der Waals surface area contributed by atoms with Crippen LogP contribution < -0.4 is 9.64 Å². The number of nitrogens with zero attached hydrogens (tertiary/aromatic N) is 1. The predicted octanol–water partition coefficient (Wildman–Crippen LogP) is 5.39. The number of ether oxygens (including phenoxy) is 1. The van der Waals surface area contributed by atoms with Crippen molar-refractivity contribution in [1.82, 2.24) is 0 Å². The number of para-hydroxylation sites is 1. The molecule has 0 aliphatic carbocycles. The Bertz CT molecular complexity index is 1140. The summed E-state index contributed by atoms with van der Waals surface area (Å²) in [5.41, 5.74) is 2.53. The summed E-state index contributed by atoms with van der Waals surface area (Å²) in [7, 11) is 0. The minimum absolute atomic E-state index is 0.131. The Hall–Kier alpha value is -3.86. The molecule has 0 saturated heterocycles. The molecule has 1 atom stereocenters. The maximum absolute atomic E-state index is 13.0. The average molecular weight is 428 g/mol. The number of anilines is 1. The highest BCUT2D eigenvalue weighted by atomic mass is 16.5. The summed E-state index contributed by atoms with van der Waals surface area (Å²) in [5, 5.41) is 10.6. The van der Waals surface area contributed by atoms with Crippen LogP contribution in [-0.2, 0) is 16.2 Å². The van der Waals surface area contributed by atoms with E-state index >= 15 is 0 Å². The van der Waals surface area contributed by atoms with Crippen LogP contribution in [0, 0.1) is 5.92 Å². The molecule has 0 fully saturated rings. The molecule has 0 saturated carbocycles. The zero-order valence-corrected chi connectivity index (χ0v) is 18.1. The molecule has 162 valence electrons. The van der Waals surface area contributed by atoms with Gasteiger partial charge in [-0.25, -0.2) is 0 Å². The molecule has 0 radical (unpaired) electrons. The number of carbonyl (C=O) groups is 2. The number of amides is 1. The third-order valence-corrected chi connectivity index (χ3v) is 5.48. The Balaban J connectivity index is 1.67. The minimum Gasteiger partial charge on any atom is -0.503 e. The zero-order chi connectivity index (χ0) is 22.7. The van der Waals surface area contributed by atoms with Crippen LogP contribution in [0.3, 0.4) is 0 Å². The molecule has 1 aliphatic heterocycles. The predicted molar refractivity (Wildman–Crippen MR) is 123 cm³/mol. The SMILES string of the molecule is CC(C)C(=O)C1=C(O)C(=O)N(c2ccccc2)C1c1ccc(OCc2ccccc2)cc1. The summed E-state index contributed by atoms with van der Waals surface area (Å²) in [4.78, 5) is 27.4. The Kier molecular flexibility index (Phi) is 6.08. The molecule has 3 aromatic rings. The van der Waals surface area contributed by atoms with Gasteiger partial charge in [0.1, 0.15) is 12.4 Å². The first-order valence-electron chi connectivity index (χ1n) is 10.6. The molecule has 32 heavy (non-hydrogen) atoms. The van der Waals surface area contributed by atoms with Crippen molar-refractivity contribution >= 4 is 17.4 Å². The van der Waals surface area contributed by atoms with E-state index in [2.05, 4.69) is 0 Å². The lowest BCUT2D eigenvalue weighted by Crippen LogP contribution is -2.31. The van der Waals surface area contributed by atoms with Crippen LogP contribution in [0.15, 0.2) is 96.3 Å². The van der Waals surface area contributed by atoms with Gasteiger partial charge in [0.15, 0.2) is 11.5 Å². The van der Waals surface area contributed by atoms with Gasteiger partial charge in [-0.15, -0.1) is 0 Å².